The molecule has 2 aromatic rings. The van der Waals surface area contributed by atoms with E-state index in [0.29, 0.717) is 23.5 Å². The van der Waals surface area contributed by atoms with Crippen molar-refractivity contribution in [2.45, 2.75) is 12.6 Å². The molecule has 122 valence electrons. The van der Waals surface area contributed by atoms with Crippen LogP contribution < -0.4 is 10.1 Å². The van der Waals surface area contributed by atoms with Crippen LogP contribution in [0.15, 0.2) is 48.5 Å². The molecule has 0 aliphatic rings. The van der Waals surface area contributed by atoms with Crippen molar-refractivity contribution in [2.75, 3.05) is 19.0 Å². The highest BCUT2D eigenvalue weighted by atomic mass is 19.4. The molecule has 0 aliphatic heterocycles. The summed E-state index contributed by atoms with van der Waals surface area (Å²) < 4.78 is 42.4. The second kappa shape index (κ2) is 7.17. The molecule has 0 saturated carbocycles. The Morgan fingerprint density at radius 1 is 1.04 bits per heavy atom. The van der Waals surface area contributed by atoms with Crippen LogP contribution in [0.5, 0.6) is 5.75 Å². The number of carbonyl (C=O) groups excluding carboxylic acids is 1. The molecule has 23 heavy (non-hydrogen) atoms. The van der Waals surface area contributed by atoms with Crippen molar-refractivity contribution < 1.29 is 22.7 Å². The molecule has 0 saturated heterocycles. The number of hydrogen-bond donors (Lipinski definition) is 1. The number of halogens is 3. The Kier molecular flexibility index (Phi) is 5.26. The largest absolute Gasteiger partial charge is 0.497 e. The number of rotatable bonds is 6. The molecule has 0 aliphatic carbocycles. The summed E-state index contributed by atoms with van der Waals surface area (Å²) in [5.41, 5.74) is 0.415. The van der Waals surface area contributed by atoms with Crippen LogP contribution in [0.4, 0.5) is 18.9 Å². The summed E-state index contributed by atoms with van der Waals surface area (Å²) in [5, 5.41) is 2.93. The zero-order valence-electron chi connectivity index (χ0n) is 12.5. The number of methoxy groups -OCH3 is 1. The fraction of sp³-hybridized carbons (Fsp3) is 0.235. The number of carbonyl (C=O) groups is 1. The summed E-state index contributed by atoms with van der Waals surface area (Å²) in [7, 11) is 1.55. The van der Waals surface area contributed by atoms with Crippen molar-refractivity contribution in [1.29, 1.82) is 0 Å². The van der Waals surface area contributed by atoms with E-state index in [1.54, 1.807) is 31.4 Å². The van der Waals surface area contributed by atoms with Gasteiger partial charge < -0.3 is 10.1 Å². The van der Waals surface area contributed by atoms with E-state index in [2.05, 4.69) is 5.32 Å². The number of anilines is 1. The number of ketones is 1. The number of ether oxygens (including phenoxy) is 1. The van der Waals surface area contributed by atoms with Gasteiger partial charge in [0, 0.05) is 24.2 Å². The van der Waals surface area contributed by atoms with Gasteiger partial charge in [0.1, 0.15) is 5.75 Å². The van der Waals surface area contributed by atoms with Crippen LogP contribution >= 0.6 is 0 Å². The molecule has 0 amide bonds. The van der Waals surface area contributed by atoms with E-state index in [9.17, 15) is 18.0 Å². The first-order valence-corrected chi connectivity index (χ1v) is 6.98. The summed E-state index contributed by atoms with van der Waals surface area (Å²) in [6, 6.07) is 11.5. The number of benzene rings is 2. The third kappa shape index (κ3) is 4.74. The van der Waals surface area contributed by atoms with Crippen LogP contribution in [-0.2, 0) is 6.18 Å². The summed E-state index contributed by atoms with van der Waals surface area (Å²) in [6.07, 6.45) is -4.10. The lowest BCUT2D eigenvalue weighted by molar-refractivity contribution is -0.137. The molecule has 2 aromatic carbocycles. The Balaban J connectivity index is 1.85. The van der Waals surface area contributed by atoms with Crippen molar-refractivity contribution in [3.63, 3.8) is 0 Å². The zero-order valence-corrected chi connectivity index (χ0v) is 12.5. The van der Waals surface area contributed by atoms with Gasteiger partial charge in [-0.25, -0.2) is 0 Å². The molecule has 2 rings (SSSR count). The van der Waals surface area contributed by atoms with Gasteiger partial charge in [0.05, 0.1) is 12.7 Å². The number of nitrogens with one attached hydrogen (secondary N) is 1. The second-order valence-electron chi connectivity index (χ2n) is 4.90. The maximum Gasteiger partial charge on any atom is 0.416 e. The van der Waals surface area contributed by atoms with Crippen LogP contribution in [0.25, 0.3) is 0 Å². The Labute approximate surface area is 132 Å². The first-order valence-electron chi connectivity index (χ1n) is 6.98. The van der Waals surface area contributed by atoms with Gasteiger partial charge in [0.2, 0.25) is 0 Å². The Bertz CT molecular complexity index is 649. The SMILES string of the molecule is COc1ccc(C(=O)CCNc2ccc(C(F)(F)F)cc2)cc1. The van der Waals surface area contributed by atoms with E-state index in [1.165, 1.54) is 12.1 Å². The predicted molar refractivity (Wildman–Crippen MR) is 81.9 cm³/mol. The fourth-order valence-corrected chi connectivity index (χ4v) is 2.02. The van der Waals surface area contributed by atoms with Gasteiger partial charge in [-0.3, -0.25) is 4.79 Å². The van der Waals surface area contributed by atoms with Gasteiger partial charge in [0.25, 0.3) is 0 Å². The normalized spacial score (nSPS) is 11.1. The predicted octanol–water partition coefficient (Wildman–Crippen LogP) is 4.40. The Hall–Kier alpha value is -2.50. The van der Waals surface area contributed by atoms with Gasteiger partial charge in [-0.15, -0.1) is 0 Å². The topological polar surface area (TPSA) is 38.3 Å². The third-order valence-electron chi connectivity index (χ3n) is 3.31. The molecule has 0 bridgehead atoms. The molecule has 0 radical (unpaired) electrons. The number of alkyl halides is 3. The van der Waals surface area contributed by atoms with E-state index >= 15 is 0 Å². The van der Waals surface area contributed by atoms with Crippen LogP contribution in [-0.4, -0.2) is 19.4 Å². The second-order valence-corrected chi connectivity index (χ2v) is 4.90. The minimum absolute atomic E-state index is 0.0490. The molecule has 0 atom stereocenters. The molecule has 1 N–H and O–H groups in total. The van der Waals surface area contributed by atoms with Gasteiger partial charge in [-0.05, 0) is 48.5 Å². The quantitative estimate of drug-likeness (QED) is 0.801. The summed E-state index contributed by atoms with van der Waals surface area (Å²) in [5.74, 6) is 0.622. The van der Waals surface area contributed by atoms with Crippen molar-refractivity contribution in [3.8, 4) is 5.75 Å². The molecule has 0 aromatic heterocycles. The van der Waals surface area contributed by atoms with E-state index in [1.807, 2.05) is 0 Å². The highest BCUT2D eigenvalue weighted by molar-refractivity contribution is 5.96. The van der Waals surface area contributed by atoms with Gasteiger partial charge in [0.15, 0.2) is 5.78 Å². The first kappa shape index (κ1) is 16.9. The third-order valence-corrected chi connectivity index (χ3v) is 3.31. The molecular weight excluding hydrogens is 307 g/mol. The smallest absolute Gasteiger partial charge is 0.416 e. The first-order chi connectivity index (χ1) is 10.9. The summed E-state index contributed by atoms with van der Waals surface area (Å²) in [4.78, 5) is 12.0. The average Bonchev–Trinajstić information content (AvgIpc) is 2.54. The fourth-order valence-electron chi connectivity index (χ4n) is 2.02. The van der Waals surface area contributed by atoms with Crippen molar-refractivity contribution >= 4 is 11.5 Å². The molecule has 3 nitrogen and oxygen atoms in total. The van der Waals surface area contributed by atoms with Gasteiger partial charge in [-0.2, -0.15) is 13.2 Å². The maximum atomic E-state index is 12.4. The van der Waals surface area contributed by atoms with Gasteiger partial charge in [-0.1, -0.05) is 0 Å². The minimum Gasteiger partial charge on any atom is -0.497 e. The lowest BCUT2D eigenvalue weighted by Gasteiger charge is -2.09. The standard InChI is InChI=1S/C17H16F3NO2/c1-23-15-8-2-12(3-9-15)16(22)10-11-21-14-6-4-13(5-7-14)17(18,19)20/h2-9,21H,10-11H2,1H3. The molecule has 0 fully saturated rings. The van der Waals surface area contributed by atoms with Crippen molar-refractivity contribution in [2.24, 2.45) is 0 Å². The molecule has 0 heterocycles. The van der Waals surface area contributed by atoms with Crippen molar-refractivity contribution in [1.82, 2.24) is 0 Å². The van der Waals surface area contributed by atoms with Crippen LogP contribution in [0.2, 0.25) is 0 Å². The Morgan fingerprint density at radius 3 is 2.17 bits per heavy atom. The monoisotopic (exact) mass is 323 g/mol. The molecule has 0 spiro atoms. The Morgan fingerprint density at radius 2 is 1.65 bits per heavy atom. The van der Waals surface area contributed by atoms with E-state index in [0.717, 1.165) is 12.1 Å². The highest BCUT2D eigenvalue weighted by Gasteiger charge is 2.29. The number of hydrogen-bond acceptors (Lipinski definition) is 3. The van der Waals surface area contributed by atoms with Crippen LogP contribution in [0.3, 0.4) is 0 Å². The molecule has 6 heteroatoms. The maximum absolute atomic E-state index is 12.4. The van der Waals surface area contributed by atoms with Crippen molar-refractivity contribution in [3.05, 3.63) is 59.7 Å². The van der Waals surface area contributed by atoms with Crippen LogP contribution in [0, 0.1) is 0 Å². The minimum atomic E-state index is -4.34. The highest BCUT2D eigenvalue weighted by Crippen LogP contribution is 2.29. The summed E-state index contributed by atoms with van der Waals surface area (Å²) in [6.45, 7) is 0.343. The average molecular weight is 323 g/mol. The molecule has 0 unspecified atom stereocenters. The van der Waals surface area contributed by atoms with Gasteiger partial charge >= 0.3 is 6.18 Å². The number of Topliss-reactive ketones (excluding diaryl/α,β-unsaturated/α-hetero) is 1. The van der Waals surface area contributed by atoms with Crippen LogP contribution in [0.1, 0.15) is 22.3 Å². The molecular formula is C17H16F3NO2. The summed E-state index contributed by atoms with van der Waals surface area (Å²) >= 11 is 0. The van der Waals surface area contributed by atoms with E-state index in [-0.39, 0.29) is 12.2 Å². The lowest BCUT2D eigenvalue weighted by Crippen LogP contribution is -2.09. The lowest BCUT2D eigenvalue weighted by atomic mass is 10.1. The van der Waals surface area contributed by atoms with E-state index in [4.69, 9.17) is 4.74 Å². The van der Waals surface area contributed by atoms with E-state index < -0.39 is 11.7 Å². The zero-order chi connectivity index (χ0) is 16.9.